The summed E-state index contributed by atoms with van der Waals surface area (Å²) in [7, 11) is -3.82. The lowest BCUT2D eigenvalue weighted by atomic mass is 10.0. The molecule has 170 valence electrons. The molecule has 33 heavy (non-hydrogen) atoms. The van der Waals surface area contributed by atoms with Crippen molar-refractivity contribution in [2.75, 3.05) is 4.72 Å². The van der Waals surface area contributed by atoms with Crippen LogP contribution in [-0.2, 0) is 22.6 Å². The number of rotatable bonds is 5. The standard InChI is InChI=1S/C23H16BrF3N2O3S/c24-19-3-1-2-4-21(19)29-33(31,32)16-8-5-14(6-9-16)11-15-7-10-20-17(12-15)18(23(25,26)27)13-22(30)28-20/h1-10,12-13,29H,11H2,(H,28,30). The first-order chi connectivity index (χ1) is 15.5. The van der Waals surface area contributed by atoms with Crippen LogP contribution >= 0.6 is 15.9 Å². The number of hydrogen-bond acceptors (Lipinski definition) is 3. The predicted molar refractivity (Wildman–Crippen MR) is 124 cm³/mol. The van der Waals surface area contributed by atoms with E-state index in [0.717, 1.165) is 0 Å². The van der Waals surface area contributed by atoms with Gasteiger partial charge in [0, 0.05) is 21.4 Å². The summed E-state index contributed by atoms with van der Waals surface area (Å²) in [6.07, 6.45) is -4.38. The van der Waals surface area contributed by atoms with Crippen molar-refractivity contribution in [3.63, 3.8) is 0 Å². The first-order valence-corrected chi connectivity index (χ1v) is 11.9. The molecule has 3 aromatic carbocycles. The van der Waals surface area contributed by atoms with Crippen LogP contribution in [0.25, 0.3) is 10.9 Å². The quantitative estimate of drug-likeness (QED) is 0.343. The molecule has 0 saturated heterocycles. The van der Waals surface area contributed by atoms with E-state index in [1.807, 2.05) is 0 Å². The van der Waals surface area contributed by atoms with Gasteiger partial charge in [0.25, 0.3) is 10.0 Å². The number of aromatic amines is 1. The number of para-hydroxylation sites is 1. The lowest BCUT2D eigenvalue weighted by Gasteiger charge is -2.12. The van der Waals surface area contributed by atoms with Crippen molar-refractivity contribution in [3.05, 3.63) is 104 Å². The molecule has 2 N–H and O–H groups in total. The van der Waals surface area contributed by atoms with Crippen molar-refractivity contribution in [2.45, 2.75) is 17.5 Å². The molecule has 0 saturated carbocycles. The van der Waals surface area contributed by atoms with E-state index in [1.165, 1.54) is 24.3 Å². The van der Waals surface area contributed by atoms with Crippen LogP contribution in [0.5, 0.6) is 0 Å². The molecule has 0 amide bonds. The molecule has 4 rings (SSSR count). The molecular formula is C23H16BrF3N2O3S. The third-order valence-electron chi connectivity index (χ3n) is 4.97. The number of hydrogen-bond donors (Lipinski definition) is 2. The molecule has 1 aromatic heterocycles. The summed E-state index contributed by atoms with van der Waals surface area (Å²) in [6, 6.07) is 17.9. The van der Waals surface area contributed by atoms with Crippen molar-refractivity contribution < 1.29 is 21.6 Å². The number of anilines is 1. The number of alkyl halides is 3. The second-order valence-electron chi connectivity index (χ2n) is 7.33. The van der Waals surface area contributed by atoms with Crippen LogP contribution < -0.4 is 10.3 Å². The van der Waals surface area contributed by atoms with Crippen molar-refractivity contribution >= 4 is 42.5 Å². The largest absolute Gasteiger partial charge is 0.417 e. The summed E-state index contributed by atoms with van der Waals surface area (Å²) in [5.41, 5.74) is -0.0261. The smallest absolute Gasteiger partial charge is 0.322 e. The first-order valence-electron chi connectivity index (χ1n) is 9.62. The van der Waals surface area contributed by atoms with Gasteiger partial charge in [0.2, 0.25) is 5.56 Å². The topological polar surface area (TPSA) is 79.0 Å². The molecule has 0 aliphatic heterocycles. The Morgan fingerprint density at radius 1 is 0.909 bits per heavy atom. The second kappa shape index (κ2) is 8.68. The summed E-state index contributed by atoms with van der Waals surface area (Å²) < 4.78 is 68.6. The van der Waals surface area contributed by atoms with Crippen LogP contribution in [0, 0.1) is 0 Å². The minimum Gasteiger partial charge on any atom is -0.322 e. The Hall–Kier alpha value is -3.11. The number of H-pyrrole nitrogens is 1. The Morgan fingerprint density at radius 3 is 2.24 bits per heavy atom. The van der Waals surface area contributed by atoms with Gasteiger partial charge in [-0.3, -0.25) is 9.52 Å². The van der Waals surface area contributed by atoms with E-state index in [1.54, 1.807) is 42.5 Å². The predicted octanol–water partition coefficient (Wildman–Crippen LogP) is 5.70. The lowest BCUT2D eigenvalue weighted by molar-refractivity contribution is -0.136. The van der Waals surface area contributed by atoms with Crippen LogP contribution in [-0.4, -0.2) is 13.4 Å². The van der Waals surface area contributed by atoms with Gasteiger partial charge in [0.15, 0.2) is 0 Å². The molecule has 0 aliphatic carbocycles. The van der Waals surface area contributed by atoms with E-state index in [0.29, 0.717) is 27.4 Å². The SMILES string of the molecule is O=c1cc(C(F)(F)F)c2cc(Cc3ccc(S(=O)(=O)Nc4ccccc4Br)cc3)ccc2[nH]1. The van der Waals surface area contributed by atoms with Crippen LogP contribution in [0.4, 0.5) is 18.9 Å². The van der Waals surface area contributed by atoms with Crippen molar-refractivity contribution in [2.24, 2.45) is 0 Å². The Bertz CT molecular complexity index is 1500. The normalized spacial score (nSPS) is 12.1. The Morgan fingerprint density at radius 2 is 1.58 bits per heavy atom. The average Bonchev–Trinajstić information content (AvgIpc) is 2.75. The van der Waals surface area contributed by atoms with Gasteiger partial charge in [-0.1, -0.05) is 30.3 Å². The van der Waals surface area contributed by atoms with Gasteiger partial charge in [-0.05, 0) is 69.9 Å². The van der Waals surface area contributed by atoms with E-state index in [-0.39, 0.29) is 22.2 Å². The van der Waals surface area contributed by atoms with Crippen LogP contribution in [0.1, 0.15) is 16.7 Å². The Balaban J connectivity index is 1.60. The van der Waals surface area contributed by atoms with Crippen molar-refractivity contribution in [1.29, 1.82) is 0 Å². The second-order valence-corrected chi connectivity index (χ2v) is 9.87. The maximum Gasteiger partial charge on any atom is 0.417 e. The summed E-state index contributed by atoms with van der Waals surface area (Å²) >= 11 is 3.29. The molecule has 10 heteroatoms. The van der Waals surface area contributed by atoms with E-state index in [2.05, 4.69) is 25.6 Å². The molecule has 0 unspecified atom stereocenters. The molecule has 0 radical (unpaired) electrons. The maximum atomic E-state index is 13.4. The van der Waals surface area contributed by atoms with Gasteiger partial charge in [-0.25, -0.2) is 8.42 Å². The molecule has 0 bridgehead atoms. The zero-order valence-corrected chi connectivity index (χ0v) is 19.2. The average molecular weight is 537 g/mol. The highest BCUT2D eigenvalue weighted by atomic mass is 79.9. The van der Waals surface area contributed by atoms with E-state index in [4.69, 9.17) is 0 Å². The number of halogens is 4. The molecule has 0 spiro atoms. The molecule has 1 heterocycles. The minimum atomic E-state index is -4.66. The molecule has 0 aliphatic rings. The fraction of sp³-hybridized carbons (Fsp3) is 0.0870. The third-order valence-corrected chi connectivity index (χ3v) is 7.05. The van der Waals surface area contributed by atoms with Gasteiger partial charge in [-0.2, -0.15) is 13.2 Å². The van der Waals surface area contributed by atoms with Crippen LogP contribution in [0.15, 0.2) is 87.0 Å². The zero-order chi connectivity index (χ0) is 23.8. The monoisotopic (exact) mass is 536 g/mol. The number of benzene rings is 3. The molecule has 0 atom stereocenters. The first kappa shape index (κ1) is 23.1. The number of sulfonamides is 1. The maximum absolute atomic E-state index is 13.4. The minimum absolute atomic E-state index is 0.0532. The number of fused-ring (bicyclic) bond motifs is 1. The van der Waals surface area contributed by atoms with Crippen molar-refractivity contribution in [3.8, 4) is 0 Å². The van der Waals surface area contributed by atoms with Crippen LogP contribution in [0.3, 0.4) is 0 Å². The van der Waals surface area contributed by atoms with Gasteiger partial charge >= 0.3 is 6.18 Å². The highest BCUT2D eigenvalue weighted by molar-refractivity contribution is 9.10. The van der Waals surface area contributed by atoms with E-state index in [9.17, 15) is 26.4 Å². The summed E-state index contributed by atoms with van der Waals surface area (Å²) in [5.74, 6) is 0. The van der Waals surface area contributed by atoms with E-state index >= 15 is 0 Å². The third kappa shape index (κ3) is 5.12. The van der Waals surface area contributed by atoms with Crippen LogP contribution in [0.2, 0.25) is 0 Å². The highest BCUT2D eigenvalue weighted by Crippen LogP contribution is 2.34. The molecular weight excluding hydrogens is 521 g/mol. The summed E-state index contributed by atoms with van der Waals surface area (Å²) in [5, 5.41) is -0.101. The van der Waals surface area contributed by atoms with Crippen molar-refractivity contribution in [1.82, 2.24) is 4.98 Å². The van der Waals surface area contributed by atoms with E-state index < -0.39 is 27.3 Å². The highest BCUT2D eigenvalue weighted by Gasteiger charge is 2.33. The zero-order valence-electron chi connectivity index (χ0n) is 16.8. The fourth-order valence-corrected chi connectivity index (χ4v) is 5.01. The van der Waals surface area contributed by atoms with Gasteiger partial charge < -0.3 is 4.98 Å². The molecule has 4 aromatic rings. The summed E-state index contributed by atoms with van der Waals surface area (Å²) in [4.78, 5) is 14.0. The molecule has 0 fully saturated rings. The van der Waals surface area contributed by atoms with Gasteiger partial charge in [0.05, 0.1) is 16.1 Å². The number of pyridine rings is 1. The summed E-state index contributed by atoms with van der Waals surface area (Å²) in [6.45, 7) is 0. The Kier molecular flexibility index (Phi) is 6.06. The van der Waals surface area contributed by atoms with Gasteiger partial charge in [0.1, 0.15) is 0 Å². The number of aromatic nitrogens is 1. The number of nitrogens with one attached hydrogen (secondary N) is 2. The van der Waals surface area contributed by atoms with Gasteiger partial charge in [-0.15, -0.1) is 0 Å². The Labute approximate surface area is 195 Å². The lowest BCUT2D eigenvalue weighted by Crippen LogP contribution is -2.14. The fourth-order valence-electron chi connectivity index (χ4n) is 3.42. The molecule has 5 nitrogen and oxygen atoms in total.